The molecule has 1 aromatic carbocycles. The molecular formula is C12H6Br2N2O3. The van der Waals surface area contributed by atoms with Gasteiger partial charge in [-0.2, -0.15) is 0 Å². The Bertz CT molecular complexity index is 844. The van der Waals surface area contributed by atoms with E-state index in [-0.39, 0.29) is 17.2 Å². The van der Waals surface area contributed by atoms with Crippen molar-refractivity contribution in [2.75, 3.05) is 0 Å². The van der Waals surface area contributed by atoms with Gasteiger partial charge < -0.3 is 14.4 Å². The van der Waals surface area contributed by atoms with E-state index < -0.39 is 0 Å². The molecule has 5 nitrogen and oxygen atoms in total. The molecule has 0 saturated carbocycles. The number of aromatic nitrogens is 2. The van der Waals surface area contributed by atoms with Crippen LogP contribution in [-0.4, -0.2) is 15.8 Å². The van der Waals surface area contributed by atoms with Gasteiger partial charge in [0.1, 0.15) is 0 Å². The zero-order valence-electron chi connectivity index (χ0n) is 9.29. The molecule has 3 rings (SSSR count). The van der Waals surface area contributed by atoms with Crippen LogP contribution < -0.4 is 5.69 Å². The van der Waals surface area contributed by atoms with E-state index in [1.807, 2.05) is 0 Å². The van der Waals surface area contributed by atoms with E-state index in [0.717, 1.165) is 0 Å². The average Bonchev–Trinajstić information content (AvgIpc) is 2.92. The molecule has 0 atom stereocenters. The molecule has 0 aliphatic heterocycles. The number of ketones is 1. The van der Waals surface area contributed by atoms with E-state index >= 15 is 0 Å². The van der Waals surface area contributed by atoms with Crippen molar-refractivity contribution >= 4 is 48.7 Å². The smallest absolute Gasteiger partial charge is 0.323 e. The Labute approximate surface area is 123 Å². The Morgan fingerprint density at radius 2 is 1.79 bits per heavy atom. The van der Waals surface area contributed by atoms with E-state index in [1.165, 1.54) is 0 Å². The van der Waals surface area contributed by atoms with Crippen LogP contribution in [0.3, 0.4) is 0 Å². The lowest BCUT2D eigenvalue weighted by atomic mass is 10.1. The van der Waals surface area contributed by atoms with Gasteiger partial charge in [-0.05, 0) is 56.1 Å². The maximum atomic E-state index is 12.3. The number of hydrogen-bond donors (Lipinski definition) is 2. The number of halogens is 2. The fraction of sp³-hybridized carbons (Fsp3) is 0. The molecule has 0 aliphatic rings. The van der Waals surface area contributed by atoms with Gasteiger partial charge in [0, 0.05) is 10.0 Å². The van der Waals surface area contributed by atoms with E-state index in [2.05, 4.69) is 41.8 Å². The number of H-pyrrole nitrogens is 2. The molecule has 0 amide bonds. The standard InChI is InChI=1S/C12H6Br2N2O3/c13-6-4-8-7(15-12(18)16-8)3-5(6)11(17)9-1-2-10(14)19-9/h1-4H,(H2,15,16,18). The lowest BCUT2D eigenvalue weighted by Crippen LogP contribution is -2.01. The van der Waals surface area contributed by atoms with Crippen molar-refractivity contribution in [2.45, 2.75) is 0 Å². The summed E-state index contributed by atoms with van der Waals surface area (Å²) in [6.45, 7) is 0. The third-order valence-electron chi connectivity index (χ3n) is 2.65. The van der Waals surface area contributed by atoms with E-state index in [9.17, 15) is 9.59 Å². The van der Waals surface area contributed by atoms with Crippen molar-refractivity contribution in [1.82, 2.24) is 9.97 Å². The predicted octanol–water partition coefficient (Wildman–Crippen LogP) is 3.21. The summed E-state index contributed by atoms with van der Waals surface area (Å²) in [5.41, 5.74) is 1.31. The van der Waals surface area contributed by atoms with Crippen LogP contribution in [0.25, 0.3) is 11.0 Å². The van der Waals surface area contributed by atoms with Gasteiger partial charge in [-0.15, -0.1) is 0 Å². The van der Waals surface area contributed by atoms with Crippen molar-refractivity contribution < 1.29 is 9.21 Å². The Kier molecular flexibility index (Phi) is 2.94. The first-order valence-electron chi connectivity index (χ1n) is 5.26. The van der Waals surface area contributed by atoms with Crippen LogP contribution >= 0.6 is 31.9 Å². The Hall–Kier alpha value is -1.60. The first kappa shape index (κ1) is 12.4. The summed E-state index contributed by atoms with van der Waals surface area (Å²) in [6, 6.07) is 6.52. The topological polar surface area (TPSA) is 78.9 Å². The number of rotatable bonds is 2. The molecule has 0 unspecified atom stereocenters. The summed E-state index contributed by atoms with van der Waals surface area (Å²) in [4.78, 5) is 28.7. The van der Waals surface area contributed by atoms with Crippen LogP contribution in [0.1, 0.15) is 16.1 Å². The fourth-order valence-electron chi connectivity index (χ4n) is 1.80. The van der Waals surface area contributed by atoms with Crippen LogP contribution in [-0.2, 0) is 0 Å². The van der Waals surface area contributed by atoms with Gasteiger partial charge in [-0.1, -0.05) is 0 Å². The third-order valence-corrected chi connectivity index (χ3v) is 3.73. The maximum Gasteiger partial charge on any atom is 0.323 e. The summed E-state index contributed by atoms with van der Waals surface area (Å²) >= 11 is 6.47. The highest BCUT2D eigenvalue weighted by Gasteiger charge is 2.17. The molecule has 0 saturated heterocycles. The number of fused-ring (bicyclic) bond motifs is 1. The number of benzene rings is 1. The molecule has 2 N–H and O–H groups in total. The molecule has 3 aromatic rings. The molecule has 0 bridgehead atoms. The quantitative estimate of drug-likeness (QED) is 0.665. The zero-order chi connectivity index (χ0) is 13.6. The number of carbonyl (C=O) groups is 1. The van der Waals surface area contributed by atoms with E-state index in [0.29, 0.717) is 25.7 Å². The highest BCUT2D eigenvalue weighted by molar-refractivity contribution is 9.10. The van der Waals surface area contributed by atoms with Crippen LogP contribution in [0.4, 0.5) is 0 Å². The van der Waals surface area contributed by atoms with Crippen molar-refractivity contribution in [3.63, 3.8) is 0 Å². The first-order valence-corrected chi connectivity index (χ1v) is 6.85. The van der Waals surface area contributed by atoms with Crippen molar-refractivity contribution in [1.29, 1.82) is 0 Å². The Balaban J connectivity index is 2.16. The number of imidazole rings is 1. The van der Waals surface area contributed by atoms with Crippen molar-refractivity contribution in [3.05, 3.63) is 55.2 Å². The SMILES string of the molecule is O=C(c1ccc(Br)o1)c1cc2[nH]c(=O)[nH]c2cc1Br. The normalized spacial score (nSPS) is 11.1. The van der Waals surface area contributed by atoms with Crippen molar-refractivity contribution in [3.8, 4) is 0 Å². The minimum Gasteiger partial charge on any atom is -0.446 e. The molecule has 0 aliphatic carbocycles. The van der Waals surface area contributed by atoms with Crippen molar-refractivity contribution in [2.24, 2.45) is 0 Å². The zero-order valence-corrected chi connectivity index (χ0v) is 12.5. The van der Waals surface area contributed by atoms with Crippen LogP contribution in [0.5, 0.6) is 0 Å². The van der Waals surface area contributed by atoms with Crippen LogP contribution in [0.15, 0.2) is 42.6 Å². The minimum absolute atomic E-state index is 0.227. The minimum atomic E-state index is -0.313. The van der Waals surface area contributed by atoms with Gasteiger partial charge in [-0.3, -0.25) is 4.79 Å². The number of carbonyl (C=O) groups excluding carboxylic acids is 1. The van der Waals surface area contributed by atoms with Gasteiger partial charge in [-0.25, -0.2) is 4.79 Å². The second-order valence-electron chi connectivity index (χ2n) is 3.89. The number of furan rings is 1. The fourth-order valence-corrected chi connectivity index (χ4v) is 2.63. The lowest BCUT2D eigenvalue weighted by Gasteiger charge is -2.01. The molecule has 7 heteroatoms. The summed E-state index contributed by atoms with van der Waals surface area (Å²) < 4.78 is 6.32. The van der Waals surface area contributed by atoms with Gasteiger partial charge >= 0.3 is 5.69 Å². The van der Waals surface area contributed by atoms with Crippen LogP contribution in [0, 0.1) is 0 Å². The average molecular weight is 386 g/mol. The van der Waals surface area contributed by atoms with Gasteiger partial charge in [0.2, 0.25) is 5.78 Å². The lowest BCUT2D eigenvalue weighted by molar-refractivity contribution is 0.101. The number of aromatic amines is 2. The number of hydrogen-bond acceptors (Lipinski definition) is 3. The van der Waals surface area contributed by atoms with Crippen LogP contribution in [0.2, 0.25) is 0 Å². The predicted molar refractivity (Wildman–Crippen MR) is 76.5 cm³/mol. The molecular weight excluding hydrogens is 380 g/mol. The summed E-state index contributed by atoms with van der Waals surface area (Å²) in [7, 11) is 0. The first-order chi connectivity index (χ1) is 9.04. The third kappa shape index (κ3) is 2.19. The van der Waals surface area contributed by atoms with E-state index in [1.54, 1.807) is 24.3 Å². The van der Waals surface area contributed by atoms with Gasteiger partial charge in [0.25, 0.3) is 0 Å². The maximum absolute atomic E-state index is 12.3. The molecule has 2 aromatic heterocycles. The second-order valence-corrected chi connectivity index (χ2v) is 5.53. The number of nitrogens with one attached hydrogen (secondary N) is 2. The Morgan fingerprint density at radius 1 is 1.11 bits per heavy atom. The Morgan fingerprint density at radius 3 is 2.42 bits per heavy atom. The highest BCUT2D eigenvalue weighted by atomic mass is 79.9. The molecule has 0 radical (unpaired) electrons. The summed E-state index contributed by atoms with van der Waals surface area (Å²) in [6.07, 6.45) is 0. The van der Waals surface area contributed by atoms with E-state index in [4.69, 9.17) is 4.42 Å². The molecule has 0 spiro atoms. The van der Waals surface area contributed by atoms with Gasteiger partial charge in [0.05, 0.1) is 11.0 Å². The molecule has 19 heavy (non-hydrogen) atoms. The highest BCUT2D eigenvalue weighted by Crippen LogP contribution is 2.25. The largest absolute Gasteiger partial charge is 0.446 e. The monoisotopic (exact) mass is 384 g/mol. The summed E-state index contributed by atoms with van der Waals surface area (Å²) in [5, 5.41) is 0. The summed E-state index contributed by atoms with van der Waals surface area (Å²) in [5.74, 6) is -0.0358. The molecule has 2 heterocycles. The van der Waals surface area contributed by atoms with Gasteiger partial charge in [0.15, 0.2) is 10.4 Å². The second kappa shape index (κ2) is 4.50. The molecule has 0 fully saturated rings. The molecule has 96 valence electrons.